The topological polar surface area (TPSA) is 69.2 Å². The van der Waals surface area contributed by atoms with Crippen LogP contribution in [-0.2, 0) is 10.3 Å². The van der Waals surface area contributed by atoms with Crippen LogP contribution in [0.4, 0.5) is 5.69 Å². The molecule has 14 heavy (non-hydrogen) atoms. The first-order valence-corrected chi connectivity index (χ1v) is 5.17. The van der Waals surface area contributed by atoms with Crippen LogP contribution in [0.15, 0.2) is 18.2 Å². The minimum absolute atomic E-state index is 0. The number of hydrogen-bond acceptors (Lipinski definition) is 3. The zero-order chi connectivity index (χ0) is 10.1. The fourth-order valence-corrected chi connectivity index (χ4v) is 1.40. The van der Waals surface area contributed by atoms with E-state index in [-0.39, 0.29) is 35.2 Å². The Morgan fingerprint density at radius 3 is 2.43 bits per heavy atom. The molecule has 0 fully saturated rings. The minimum atomic E-state index is -4.47. The van der Waals surface area contributed by atoms with Gasteiger partial charge in [0.15, 0.2) is 10.3 Å². The first-order chi connectivity index (χ1) is 5.88. The Morgan fingerprint density at radius 1 is 1.43 bits per heavy atom. The molecule has 0 radical (unpaired) electrons. The molecule has 1 aromatic carbocycles. The molecule has 1 N–H and O–H groups in total. The Hall–Kier alpha value is 0.220. The van der Waals surface area contributed by atoms with Gasteiger partial charge < -0.3 is 4.55 Å². The Kier molecular flexibility index (Phi) is 5.43. The van der Waals surface area contributed by atoms with Crippen LogP contribution in [0.1, 0.15) is 5.56 Å². The number of anilines is 1. The number of aryl methyl sites for hydroxylation is 1. The molecular weight excluding hydrogens is 237 g/mol. The first-order valence-electron chi connectivity index (χ1n) is 3.38. The normalized spacial score (nSPS) is 10.5. The fraction of sp³-hybridized carbons (Fsp3) is 0.143. The molecule has 0 spiro atoms. The third-order valence-corrected chi connectivity index (χ3v) is 2.31. The molecule has 0 bridgehead atoms. The molecular formula is C7H7ClNNaO3S. The monoisotopic (exact) mass is 243 g/mol. The van der Waals surface area contributed by atoms with Crippen LogP contribution in [0.2, 0.25) is 5.02 Å². The molecule has 0 aliphatic heterocycles. The van der Waals surface area contributed by atoms with Crippen molar-refractivity contribution in [1.82, 2.24) is 0 Å². The first kappa shape index (κ1) is 14.2. The number of nitrogens with one attached hydrogen (secondary N) is 1. The summed E-state index contributed by atoms with van der Waals surface area (Å²) < 4.78 is 32.6. The molecule has 0 saturated heterocycles. The van der Waals surface area contributed by atoms with Crippen LogP contribution in [0, 0.1) is 6.92 Å². The summed E-state index contributed by atoms with van der Waals surface area (Å²) in [6, 6.07) is 4.47. The molecule has 0 aliphatic rings. The number of benzene rings is 1. The summed E-state index contributed by atoms with van der Waals surface area (Å²) in [6.07, 6.45) is 0. The largest absolute Gasteiger partial charge is 1.00 e. The fourth-order valence-electron chi connectivity index (χ4n) is 0.801. The van der Waals surface area contributed by atoms with Gasteiger partial charge in [-0.15, -0.1) is 0 Å². The molecule has 0 amide bonds. The van der Waals surface area contributed by atoms with Crippen molar-refractivity contribution >= 4 is 27.6 Å². The molecule has 7 heteroatoms. The summed E-state index contributed by atoms with van der Waals surface area (Å²) in [6.45, 7) is 1.78. The predicted molar refractivity (Wildman–Crippen MR) is 49.5 cm³/mol. The van der Waals surface area contributed by atoms with E-state index in [1.54, 1.807) is 17.7 Å². The SMILES string of the molecule is Cc1ccc(NS(=O)(=O)[O-])cc1Cl.[Na+]. The van der Waals surface area contributed by atoms with E-state index in [4.69, 9.17) is 11.6 Å². The van der Waals surface area contributed by atoms with E-state index in [2.05, 4.69) is 0 Å². The molecule has 0 unspecified atom stereocenters. The van der Waals surface area contributed by atoms with Crippen LogP contribution in [0.3, 0.4) is 0 Å². The van der Waals surface area contributed by atoms with Crippen molar-refractivity contribution in [2.45, 2.75) is 6.92 Å². The molecule has 72 valence electrons. The van der Waals surface area contributed by atoms with Crippen LogP contribution in [-0.4, -0.2) is 13.0 Å². The summed E-state index contributed by atoms with van der Waals surface area (Å²) in [5.74, 6) is 0. The summed E-state index contributed by atoms with van der Waals surface area (Å²) in [5.41, 5.74) is 0.987. The van der Waals surface area contributed by atoms with Crippen molar-refractivity contribution in [3.05, 3.63) is 28.8 Å². The smallest absolute Gasteiger partial charge is 0.731 e. The molecule has 0 heterocycles. The van der Waals surface area contributed by atoms with Gasteiger partial charge in [-0.2, -0.15) is 0 Å². The van der Waals surface area contributed by atoms with E-state index in [1.807, 2.05) is 0 Å². The second-order valence-electron chi connectivity index (χ2n) is 2.52. The van der Waals surface area contributed by atoms with Gasteiger partial charge in [-0.05, 0) is 24.6 Å². The van der Waals surface area contributed by atoms with Gasteiger partial charge in [-0.1, -0.05) is 17.7 Å². The third kappa shape index (κ3) is 4.63. The zero-order valence-electron chi connectivity index (χ0n) is 7.74. The summed E-state index contributed by atoms with van der Waals surface area (Å²) in [4.78, 5) is 0. The van der Waals surface area contributed by atoms with Gasteiger partial charge in [0.2, 0.25) is 0 Å². The molecule has 0 aromatic heterocycles. The predicted octanol–water partition coefficient (Wildman–Crippen LogP) is -1.48. The third-order valence-electron chi connectivity index (χ3n) is 1.41. The number of hydrogen-bond donors (Lipinski definition) is 1. The van der Waals surface area contributed by atoms with Crippen LogP contribution in [0.25, 0.3) is 0 Å². The molecule has 0 saturated carbocycles. The van der Waals surface area contributed by atoms with Crippen molar-refractivity contribution in [3.63, 3.8) is 0 Å². The second kappa shape index (κ2) is 5.34. The van der Waals surface area contributed by atoms with Crippen LogP contribution in [0.5, 0.6) is 0 Å². The minimum Gasteiger partial charge on any atom is -0.731 e. The molecule has 0 atom stereocenters. The molecule has 4 nitrogen and oxygen atoms in total. The number of rotatable bonds is 2. The average Bonchev–Trinajstić information content (AvgIpc) is 1.94. The van der Waals surface area contributed by atoms with Crippen LogP contribution < -0.4 is 34.3 Å². The van der Waals surface area contributed by atoms with Crippen molar-refractivity contribution in [1.29, 1.82) is 0 Å². The maximum absolute atomic E-state index is 10.3. The Bertz CT molecular complexity index is 421. The Labute approximate surface area is 110 Å². The molecule has 1 aromatic rings. The van der Waals surface area contributed by atoms with Crippen molar-refractivity contribution in [3.8, 4) is 0 Å². The molecule has 1 rings (SSSR count). The van der Waals surface area contributed by atoms with Crippen molar-refractivity contribution in [2.24, 2.45) is 0 Å². The maximum atomic E-state index is 10.3. The Balaban J connectivity index is 0.00000169. The second-order valence-corrected chi connectivity index (χ2v) is 4.04. The van der Waals surface area contributed by atoms with Gasteiger partial charge >= 0.3 is 29.6 Å². The average molecular weight is 244 g/mol. The molecule has 0 aliphatic carbocycles. The van der Waals surface area contributed by atoms with Gasteiger partial charge in [-0.3, -0.25) is 4.72 Å². The van der Waals surface area contributed by atoms with E-state index < -0.39 is 10.3 Å². The summed E-state index contributed by atoms with van der Waals surface area (Å²) in [7, 11) is -4.47. The summed E-state index contributed by atoms with van der Waals surface area (Å²) in [5, 5.41) is 0.411. The maximum Gasteiger partial charge on any atom is 1.00 e. The zero-order valence-corrected chi connectivity index (χ0v) is 11.3. The van der Waals surface area contributed by atoms with E-state index >= 15 is 0 Å². The van der Waals surface area contributed by atoms with Crippen molar-refractivity contribution in [2.75, 3.05) is 4.72 Å². The quantitative estimate of drug-likeness (QED) is 0.509. The van der Waals surface area contributed by atoms with Gasteiger partial charge in [0.25, 0.3) is 0 Å². The van der Waals surface area contributed by atoms with Gasteiger partial charge in [0.1, 0.15) is 0 Å². The van der Waals surface area contributed by atoms with Crippen molar-refractivity contribution < 1.29 is 42.5 Å². The summed E-state index contributed by atoms with van der Waals surface area (Å²) >= 11 is 5.71. The van der Waals surface area contributed by atoms with E-state index in [9.17, 15) is 13.0 Å². The van der Waals surface area contributed by atoms with E-state index in [0.29, 0.717) is 5.02 Å². The number of halogens is 1. The van der Waals surface area contributed by atoms with Gasteiger partial charge in [-0.25, -0.2) is 8.42 Å². The Morgan fingerprint density at radius 2 is 2.00 bits per heavy atom. The van der Waals surface area contributed by atoms with Gasteiger partial charge in [0, 0.05) is 10.7 Å². The van der Waals surface area contributed by atoms with E-state index in [1.165, 1.54) is 12.1 Å². The van der Waals surface area contributed by atoms with E-state index in [0.717, 1.165) is 5.56 Å². The van der Waals surface area contributed by atoms with Gasteiger partial charge in [0.05, 0.1) is 0 Å². The van der Waals surface area contributed by atoms with Crippen LogP contribution >= 0.6 is 11.6 Å². The standard InChI is InChI=1S/C7H8ClNO3S.Na/c1-5-2-3-6(4-7(5)8)9-13(10,11)12;/h2-4,9H,1H3,(H,10,11,12);/q;+1/p-1.